The molecular formula is C56H105NO5. The second-order valence-electron chi connectivity index (χ2n) is 18.5. The summed E-state index contributed by atoms with van der Waals surface area (Å²) in [7, 11) is 0. The normalized spacial score (nSPS) is 14.2. The van der Waals surface area contributed by atoms with E-state index in [9.17, 15) is 25.2 Å². The van der Waals surface area contributed by atoms with Gasteiger partial charge in [-0.2, -0.15) is 0 Å². The Balaban J connectivity index is 3.60. The van der Waals surface area contributed by atoms with E-state index in [1.54, 1.807) is 0 Å². The zero-order valence-electron chi connectivity index (χ0n) is 41.1. The summed E-state index contributed by atoms with van der Waals surface area (Å²) in [4.78, 5) is 12.6. The Morgan fingerprint density at radius 3 is 1.08 bits per heavy atom. The molecule has 0 aliphatic heterocycles. The Hall–Kier alpha value is -1.73. The molecule has 5 N–H and O–H groups in total. The van der Waals surface area contributed by atoms with Crippen molar-refractivity contribution in [3.05, 3.63) is 48.6 Å². The van der Waals surface area contributed by atoms with Crippen molar-refractivity contribution < 1.29 is 25.2 Å². The van der Waals surface area contributed by atoms with Crippen LogP contribution in [-0.2, 0) is 4.79 Å². The number of nitrogens with one attached hydrogen (secondary N) is 1. The highest BCUT2D eigenvalue weighted by molar-refractivity contribution is 5.80. The SMILES string of the molecule is CCC/C=C/CC/C=C/CC/C=C/CCCC(O)C(O)C(CO)NC(=O)C(O)CCCCCCCCCCCCCCCCCC/C=C\CCCCCCCCCCCCCC. The van der Waals surface area contributed by atoms with Crippen LogP contribution in [0.25, 0.3) is 0 Å². The molecule has 0 aromatic rings. The first kappa shape index (κ1) is 60.3. The molecule has 0 spiro atoms. The van der Waals surface area contributed by atoms with Crippen LogP contribution in [0, 0.1) is 0 Å². The smallest absolute Gasteiger partial charge is 0.249 e. The second-order valence-corrected chi connectivity index (χ2v) is 18.5. The highest BCUT2D eigenvalue weighted by Gasteiger charge is 2.28. The molecule has 4 atom stereocenters. The maximum Gasteiger partial charge on any atom is 0.249 e. The van der Waals surface area contributed by atoms with Gasteiger partial charge in [-0.05, 0) is 83.5 Å². The lowest BCUT2D eigenvalue weighted by Gasteiger charge is -2.27. The third-order valence-electron chi connectivity index (χ3n) is 12.4. The molecule has 1 amide bonds. The summed E-state index contributed by atoms with van der Waals surface area (Å²) in [6, 6.07) is -1.01. The molecule has 0 aliphatic carbocycles. The summed E-state index contributed by atoms with van der Waals surface area (Å²) >= 11 is 0. The molecule has 0 saturated carbocycles. The minimum Gasteiger partial charge on any atom is -0.394 e. The Morgan fingerprint density at radius 1 is 0.387 bits per heavy atom. The summed E-state index contributed by atoms with van der Waals surface area (Å²) in [5, 5.41) is 43.8. The number of unbranched alkanes of at least 4 members (excludes halogenated alkanes) is 32. The summed E-state index contributed by atoms with van der Waals surface area (Å²) in [6.07, 6.45) is 63.3. The molecule has 0 aromatic heterocycles. The van der Waals surface area contributed by atoms with Crippen molar-refractivity contribution in [3.63, 3.8) is 0 Å². The molecule has 6 nitrogen and oxygen atoms in total. The largest absolute Gasteiger partial charge is 0.394 e. The van der Waals surface area contributed by atoms with E-state index >= 15 is 0 Å². The molecule has 0 aliphatic rings. The summed E-state index contributed by atoms with van der Waals surface area (Å²) < 4.78 is 0. The molecule has 4 unspecified atom stereocenters. The van der Waals surface area contributed by atoms with Gasteiger partial charge in [0.15, 0.2) is 0 Å². The average molecular weight is 872 g/mol. The van der Waals surface area contributed by atoms with Gasteiger partial charge in [0.05, 0.1) is 18.8 Å². The molecule has 364 valence electrons. The fourth-order valence-electron chi connectivity index (χ4n) is 8.21. The van der Waals surface area contributed by atoms with E-state index in [2.05, 4.69) is 67.8 Å². The Bertz CT molecular complexity index is 1020. The van der Waals surface area contributed by atoms with E-state index < -0.39 is 36.9 Å². The van der Waals surface area contributed by atoms with E-state index in [1.165, 1.54) is 180 Å². The number of aliphatic hydroxyl groups is 4. The number of amides is 1. The van der Waals surface area contributed by atoms with Crippen LogP contribution in [0.3, 0.4) is 0 Å². The van der Waals surface area contributed by atoms with Gasteiger partial charge in [-0.3, -0.25) is 4.79 Å². The Morgan fingerprint density at radius 2 is 0.710 bits per heavy atom. The maximum atomic E-state index is 12.6. The molecule has 0 radical (unpaired) electrons. The van der Waals surface area contributed by atoms with Crippen LogP contribution in [0.4, 0.5) is 0 Å². The summed E-state index contributed by atoms with van der Waals surface area (Å²) in [5.74, 6) is -0.598. The van der Waals surface area contributed by atoms with E-state index in [4.69, 9.17) is 0 Å². The fraction of sp³-hybridized carbons (Fsp3) is 0.839. The predicted octanol–water partition coefficient (Wildman–Crippen LogP) is 15.4. The van der Waals surface area contributed by atoms with Crippen LogP contribution in [0.15, 0.2) is 48.6 Å². The summed E-state index contributed by atoms with van der Waals surface area (Å²) in [5.41, 5.74) is 0. The molecule has 0 saturated heterocycles. The molecule has 0 bridgehead atoms. The average Bonchev–Trinajstić information content (AvgIpc) is 3.28. The molecule has 0 heterocycles. The van der Waals surface area contributed by atoms with Crippen molar-refractivity contribution in [1.29, 1.82) is 0 Å². The molecule has 0 fully saturated rings. The molecule has 0 rings (SSSR count). The van der Waals surface area contributed by atoms with Crippen LogP contribution in [0.5, 0.6) is 0 Å². The molecule has 62 heavy (non-hydrogen) atoms. The van der Waals surface area contributed by atoms with Crippen molar-refractivity contribution in [2.45, 2.75) is 295 Å². The number of hydrogen-bond acceptors (Lipinski definition) is 5. The number of rotatable bonds is 49. The highest BCUT2D eigenvalue weighted by atomic mass is 16.3. The van der Waals surface area contributed by atoms with Crippen molar-refractivity contribution in [2.24, 2.45) is 0 Å². The minimum absolute atomic E-state index is 0.359. The zero-order chi connectivity index (χ0) is 45.2. The van der Waals surface area contributed by atoms with Gasteiger partial charge in [0.1, 0.15) is 12.2 Å². The van der Waals surface area contributed by atoms with E-state index in [-0.39, 0.29) is 0 Å². The van der Waals surface area contributed by atoms with E-state index in [0.717, 1.165) is 57.8 Å². The predicted molar refractivity (Wildman–Crippen MR) is 270 cm³/mol. The standard InChI is InChI=1S/C56H105NO5/c1-3-5-7-9-11-13-15-17-19-20-21-22-23-24-25-26-27-28-29-30-31-32-33-34-35-36-38-40-42-44-46-48-50-54(60)56(62)57-52(51-58)55(61)53(59)49-47-45-43-41-39-37-18-16-14-12-10-8-6-4-2/h8,10,16,18,24-25,41,43,52-55,58-61H,3-7,9,11-15,17,19-23,26-40,42,44-51H2,1-2H3,(H,57,62)/b10-8+,18-16+,25-24-,43-41+. The first-order chi connectivity index (χ1) is 30.5. The van der Waals surface area contributed by atoms with Crippen molar-refractivity contribution >= 4 is 5.91 Å². The lowest BCUT2D eigenvalue weighted by Crippen LogP contribution is -2.53. The highest BCUT2D eigenvalue weighted by Crippen LogP contribution is 2.17. The Labute approximate surface area is 385 Å². The van der Waals surface area contributed by atoms with Crippen LogP contribution >= 0.6 is 0 Å². The van der Waals surface area contributed by atoms with Crippen LogP contribution < -0.4 is 5.32 Å². The first-order valence-corrected chi connectivity index (χ1v) is 27.0. The number of hydrogen-bond donors (Lipinski definition) is 5. The first-order valence-electron chi connectivity index (χ1n) is 27.0. The number of carbonyl (C=O) groups is 1. The monoisotopic (exact) mass is 872 g/mol. The van der Waals surface area contributed by atoms with Crippen molar-refractivity contribution in [3.8, 4) is 0 Å². The van der Waals surface area contributed by atoms with Crippen LogP contribution in [0.1, 0.15) is 271 Å². The third-order valence-corrected chi connectivity index (χ3v) is 12.4. The van der Waals surface area contributed by atoms with Crippen molar-refractivity contribution in [2.75, 3.05) is 6.61 Å². The lowest BCUT2D eigenvalue weighted by molar-refractivity contribution is -0.132. The number of aliphatic hydroxyl groups excluding tert-OH is 4. The number of allylic oxidation sites excluding steroid dienone is 8. The van der Waals surface area contributed by atoms with Gasteiger partial charge in [-0.25, -0.2) is 0 Å². The zero-order valence-corrected chi connectivity index (χ0v) is 41.1. The van der Waals surface area contributed by atoms with E-state index in [1.807, 2.05) is 0 Å². The van der Waals surface area contributed by atoms with Gasteiger partial charge in [-0.1, -0.05) is 236 Å². The van der Waals surface area contributed by atoms with Gasteiger partial charge in [0.2, 0.25) is 5.91 Å². The van der Waals surface area contributed by atoms with Gasteiger partial charge in [-0.15, -0.1) is 0 Å². The molecule has 0 aromatic carbocycles. The maximum absolute atomic E-state index is 12.6. The van der Waals surface area contributed by atoms with Gasteiger partial charge in [0, 0.05) is 0 Å². The second kappa shape index (κ2) is 50.3. The van der Waals surface area contributed by atoms with Gasteiger partial charge in [0.25, 0.3) is 0 Å². The Kier molecular flexibility index (Phi) is 48.9. The topological polar surface area (TPSA) is 110 Å². The molecular weight excluding hydrogens is 767 g/mol. The van der Waals surface area contributed by atoms with Crippen LogP contribution in [0.2, 0.25) is 0 Å². The number of carbonyl (C=O) groups excluding carboxylic acids is 1. The molecule has 6 heteroatoms. The van der Waals surface area contributed by atoms with Gasteiger partial charge >= 0.3 is 0 Å². The fourth-order valence-corrected chi connectivity index (χ4v) is 8.21. The lowest BCUT2D eigenvalue weighted by atomic mass is 10.00. The van der Waals surface area contributed by atoms with E-state index in [0.29, 0.717) is 19.3 Å². The van der Waals surface area contributed by atoms with Gasteiger partial charge < -0.3 is 25.7 Å². The summed E-state index contributed by atoms with van der Waals surface area (Å²) in [6.45, 7) is 3.98. The van der Waals surface area contributed by atoms with Crippen molar-refractivity contribution in [1.82, 2.24) is 5.32 Å². The minimum atomic E-state index is -1.29. The quantitative estimate of drug-likeness (QED) is 0.0309. The third kappa shape index (κ3) is 43.5. The van der Waals surface area contributed by atoms with Crippen LogP contribution in [-0.4, -0.2) is 57.3 Å².